The third-order valence-electron chi connectivity index (χ3n) is 2.35. The average Bonchev–Trinajstić information content (AvgIpc) is 2.46. The molecule has 140 valence electrons. The van der Waals surface area contributed by atoms with E-state index >= 15 is 0 Å². The SMILES string of the molecule is C[PH+](C)CC[PH+](C)C.C[PH+](C)CC[PH+](C)C.OC(O)[C]#[Mn].[C-]#C. The van der Waals surface area contributed by atoms with Gasteiger partial charge in [0.05, 0.1) is 24.6 Å². The van der Waals surface area contributed by atoms with E-state index in [2.05, 4.69) is 75.1 Å². The average molecular weight is 443 g/mol. The predicted molar refractivity (Wildman–Crippen MR) is 120 cm³/mol. The van der Waals surface area contributed by atoms with Crippen LogP contribution >= 0.6 is 31.7 Å². The second-order valence-corrected chi connectivity index (χ2v) is 18.3. The zero-order valence-electron chi connectivity index (χ0n) is 16.3. The molecular formula is C16H40MnO2P4+3. The van der Waals surface area contributed by atoms with Crippen LogP contribution in [-0.4, -0.2) is 94.5 Å². The molecule has 0 aromatic carbocycles. The van der Waals surface area contributed by atoms with Crippen molar-refractivity contribution in [2.75, 3.05) is 78.0 Å². The first kappa shape index (κ1) is 32.2. The largest absolute Gasteiger partial charge is 0.697 e. The van der Waals surface area contributed by atoms with Gasteiger partial charge in [0.1, 0.15) is 0 Å². The Hall–Kier alpha value is 1.50. The van der Waals surface area contributed by atoms with Crippen LogP contribution in [0.3, 0.4) is 0 Å². The maximum absolute atomic E-state index is 7.76. The standard InChI is InChI=1S/2C6H16P2.C2H3O2.C2H.Mn/c2*1-7(2)5-6-8(3)4;1-2(3)4;1-2;/h2*5-6H2,1-4H3;2-4H;1H;/q;;;-1;/p+4. The number of hydrogen-bond donors (Lipinski definition) is 2. The first-order valence-electron chi connectivity index (χ1n) is 7.70. The van der Waals surface area contributed by atoms with E-state index < -0.39 is 6.29 Å². The van der Waals surface area contributed by atoms with Crippen LogP contribution in [0.1, 0.15) is 0 Å². The summed E-state index contributed by atoms with van der Waals surface area (Å²) in [6.07, 6.45) is 13.7. The molecule has 0 fully saturated rings. The Bertz CT molecular complexity index is 243. The van der Waals surface area contributed by atoms with Crippen molar-refractivity contribution in [1.82, 2.24) is 0 Å². The summed E-state index contributed by atoms with van der Waals surface area (Å²) in [4.78, 5) is 0. The summed E-state index contributed by atoms with van der Waals surface area (Å²) in [5.74, 6) is 0. The van der Waals surface area contributed by atoms with Crippen molar-refractivity contribution < 1.29 is 25.6 Å². The van der Waals surface area contributed by atoms with Crippen molar-refractivity contribution >= 4 is 31.7 Å². The molecule has 2 nitrogen and oxygen atoms in total. The summed E-state index contributed by atoms with van der Waals surface area (Å²) in [5, 5.41) is 15.5. The Morgan fingerprint density at radius 1 is 0.739 bits per heavy atom. The first-order chi connectivity index (χ1) is 10.5. The molecule has 0 saturated heterocycles. The van der Waals surface area contributed by atoms with Gasteiger partial charge in [-0.15, -0.1) is 0 Å². The summed E-state index contributed by atoms with van der Waals surface area (Å²) in [7, 11) is 0.383. The summed E-state index contributed by atoms with van der Waals surface area (Å²) in [6.45, 7) is 19.2. The van der Waals surface area contributed by atoms with Gasteiger partial charge >= 0.3 is 36.6 Å². The molecule has 0 bridgehead atoms. The molecule has 0 unspecified atom stereocenters. The fourth-order valence-corrected chi connectivity index (χ4v) is 9.00. The molecule has 0 saturated carbocycles. The molecule has 7 heteroatoms. The second-order valence-electron chi connectivity index (χ2n) is 6.31. The van der Waals surface area contributed by atoms with E-state index in [0.29, 0.717) is 0 Å². The minimum absolute atomic E-state index is 0.0957. The van der Waals surface area contributed by atoms with Crippen molar-refractivity contribution in [2.24, 2.45) is 0 Å². The predicted octanol–water partition coefficient (Wildman–Crippen LogP) is 2.88. The minimum Gasteiger partial charge on any atom is -0.697 e. The van der Waals surface area contributed by atoms with Gasteiger partial charge in [0.15, 0.2) is 0 Å². The number of aliphatic hydroxyl groups is 2. The van der Waals surface area contributed by atoms with E-state index in [1.54, 1.807) is 0 Å². The fourth-order valence-electron chi connectivity index (χ4n) is 1.000. The third kappa shape index (κ3) is 59.6. The molecule has 0 radical (unpaired) electrons. The van der Waals surface area contributed by atoms with Gasteiger partial charge in [-0.25, -0.2) is 0 Å². The van der Waals surface area contributed by atoms with Crippen molar-refractivity contribution in [2.45, 2.75) is 6.29 Å². The molecule has 0 amide bonds. The van der Waals surface area contributed by atoms with Crippen molar-refractivity contribution in [3.63, 3.8) is 0 Å². The van der Waals surface area contributed by atoms with Gasteiger partial charge in [0, 0.05) is 53.3 Å². The van der Waals surface area contributed by atoms with Gasteiger partial charge in [-0.2, -0.15) is 0 Å². The molecule has 0 aliphatic heterocycles. The number of aliphatic hydroxyl groups excluding tert-OH is 1. The third-order valence-corrected chi connectivity index (χ3v) is 8.65. The van der Waals surface area contributed by atoms with Gasteiger partial charge in [0.25, 0.3) is 0 Å². The van der Waals surface area contributed by atoms with Crippen LogP contribution in [-0.2, 0) is 15.4 Å². The van der Waals surface area contributed by atoms with Gasteiger partial charge in [-0.05, 0) is 31.7 Å². The normalized spacial score (nSPS) is 9.61. The second kappa shape index (κ2) is 25.7. The molecule has 2 N–H and O–H groups in total. The summed E-state index contributed by atoms with van der Waals surface area (Å²) < 4.78 is 1.95. The van der Waals surface area contributed by atoms with Gasteiger partial charge in [-0.3, -0.25) is 0 Å². The van der Waals surface area contributed by atoms with E-state index in [1.807, 2.05) is 4.73 Å². The smallest absolute Gasteiger partial charge is 0.377 e. The Kier molecular flexibility index (Phi) is 36.0. The molecule has 0 aliphatic carbocycles. The maximum Gasteiger partial charge on any atom is -0.377 e. The van der Waals surface area contributed by atoms with Crippen LogP contribution < -0.4 is 0 Å². The summed E-state index contributed by atoms with van der Waals surface area (Å²) >= 11 is 2.56. The molecule has 0 heterocycles. The summed E-state index contributed by atoms with van der Waals surface area (Å²) in [6, 6.07) is 0. The fraction of sp³-hybridized carbons (Fsp3) is 0.812. The number of hydrogen-bond acceptors (Lipinski definition) is 2. The molecule has 0 aliphatic rings. The summed E-state index contributed by atoms with van der Waals surface area (Å²) in [5.41, 5.74) is 0. The van der Waals surface area contributed by atoms with Crippen LogP contribution in [0.4, 0.5) is 0 Å². The van der Waals surface area contributed by atoms with Crippen molar-refractivity contribution in [3.8, 4) is 11.2 Å². The van der Waals surface area contributed by atoms with Gasteiger partial charge in [0.2, 0.25) is 0 Å². The molecule has 0 spiro atoms. The van der Waals surface area contributed by atoms with Crippen LogP contribution in [0, 0.1) is 17.6 Å². The topological polar surface area (TPSA) is 40.5 Å². The van der Waals surface area contributed by atoms with E-state index in [4.69, 9.17) is 16.6 Å². The van der Waals surface area contributed by atoms with Crippen LogP contribution in [0.25, 0.3) is 0 Å². The Morgan fingerprint density at radius 3 is 0.913 bits per heavy atom. The molecule has 0 rings (SSSR count). The van der Waals surface area contributed by atoms with Gasteiger partial charge < -0.3 is 12.8 Å². The zero-order valence-corrected chi connectivity index (χ0v) is 21.4. The molecule has 23 heavy (non-hydrogen) atoms. The number of rotatable bonds is 6. The van der Waals surface area contributed by atoms with E-state index in [1.165, 1.54) is 24.6 Å². The molecule has 0 atom stereocenters. The first-order valence-corrected chi connectivity index (χ1v) is 19.1. The van der Waals surface area contributed by atoms with E-state index in [9.17, 15) is 0 Å². The van der Waals surface area contributed by atoms with Crippen LogP contribution in [0.2, 0.25) is 0 Å². The number of terminal acetylenes is 1. The minimum atomic E-state index is -1.45. The zero-order chi connectivity index (χ0) is 19.4. The van der Waals surface area contributed by atoms with Crippen molar-refractivity contribution in [1.29, 1.82) is 0 Å². The van der Waals surface area contributed by atoms with Crippen LogP contribution in [0.15, 0.2) is 0 Å². The monoisotopic (exact) mass is 443 g/mol. The quantitative estimate of drug-likeness (QED) is 0.218. The van der Waals surface area contributed by atoms with Crippen LogP contribution in [0.5, 0.6) is 0 Å². The Morgan fingerprint density at radius 2 is 0.870 bits per heavy atom. The Balaban J connectivity index is -0.000000114. The van der Waals surface area contributed by atoms with E-state index in [-0.39, 0.29) is 31.7 Å². The molecular weight excluding hydrogens is 403 g/mol. The molecule has 0 aromatic heterocycles. The Labute approximate surface area is 159 Å². The van der Waals surface area contributed by atoms with Crippen molar-refractivity contribution in [3.05, 3.63) is 6.42 Å². The maximum atomic E-state index is 7.76. The van der Waals surface area contributed by atoms with E-state index in [0.717, 1.165) is 0 Å². The van der Waals surface area contributed by atoms with Gasteiger partial charge in [-0.1, -0.05) is 0 Å². The molecule has 0 aromatic rings.